The smallest absolute Gasteiger partial charge is 0.00671 e. The average molecular weight is 223 g/mol. The standard InChI is InChI=1S/C15H29N/c1-13(15-10-6-3-7-11-15)16-12-14-8-4-2-5-9-14/h13-16H,2-12H2,1H3/t13-/m1/s1. The van der Waals surface area contributed by atoms with Crippen molar-refractivity contribution in [3.8, 4) is 0 Å². The molecule has 1 atom stereocenters. The lowest BCUT2D eigenvalue weighted by atomic mass is 9.84. The molecule has 0 saturated heterocycles. The van der Waals surface area contributed by atoms with Gasteiger partial charge < -0.3 is 5.32 Å². The molecule has 2 saturated carbocycles. The van der Waals surface area contributed by atoms with Crippen molar-refractivity contribution in [2.45, 2.75) is 77.2 Å². The quantitative estimate of drug-likeness (QED) is 0.756. The third-order valence-electron chi connectivity index (χ3n) is 4.81. The summed E-state index contributed by atoms with van der Waals surface area (Å²) >= 11 is 0. The van der Waals surface area contributed by atoms with Crippen LogP contribution in [0.2, 0.25) is 0 Å². The van der Waals surface area contributed by atoms with Crippen molar-refractivity contribution in [2.24, 2.45) is 11.8 Å². The summed E-state index contributed by atoms with van der Waals surface area (Å²) in [6.45, 7) is 3.70. The molecule has 2 aliphatic carbocycles. The summed E-state index contributed by atoms with van der Waals surface area (Å²) in [5.74, 6) is 1.96. The average Bonchev–Trinajstić information content (AvgIpc) is 2.38. The first-order chi connectivity index (χ1) is 7.86. The van der Waals surface area contributed by atoms with Crippen molar-refractivity contribution in [1.29, 1.82) is 0 Å². The van der Waals surface area contributed by atoms with Crippen molar-refractivity contribution in [1.82, 2.24) is 5.32 Å². The largest absolute Gasteiger partial charge is 0.314 e. The molecule has 0 aromatic carbocycles. The Morgan fingerprint density at radius 3 is 2.06 bits per heavy atom. The highest BCUT2D eigenvalue weighted by molar-refractivity contribution is 4.77. The Bertz CT molecular complexity index is 178. The van der Waals surface area contributed by atoms with Gasteiger partial charge in [0.1, 0.15) is 0 Å². The van der Waals surface area contributed by atoms with Crippen LogP contribution in [0.5, 0.6) is 0 Å². The normalized spacial score (nSPS) is 26.8. The van der Waals surface area contributed by atoms with Crippen molar-refractivity contribution in [3.63, 3.8) is 0 Å². The van der Waals surface area contributed by atoms with Gasteiger partial charge in [-0.15, -0.1) is 0 Å². The summed E-state index contributed by atoms with van der Waals surface area (Å²) in [7, 11) is 0. The molecule has 0 spiro atoms. The van der Waals surface area contributed by atoms with Crippen LogP contribution in [0.1, 0.15) is 71.1 Å². The molecule has 94 valence electrons. The van der Waals surface area contributed by atoms with Gasteiger partial charge in [-0.05, 0) is 51.0 Å². The van der Waals surface area contributed by atoms with Crippen molar-refractivity contribution in [3.05, 3.63) is 0 Å². The van der Waals surface area contributed by atoms with E-state index in [2.05, 4.69) is 12.2 Å². The van der Waals surface area contributed by atoms with E-state index >= 15 is 0 Å². The van der Waals surface area contributed by atoms with Crippen LogP contribution in [0.25, 0.3) is 0 Å². The van der Waals surface area contributed by atoms with Crippen LogP contribution in [0.4, 0.5) is 0 Å². The van der Waals surface area contributed by atoms with E-state index in [1.54, 1.807) is 0 Å². The molecule has 0 unspecified atom stereocenters. The van der Waals surface area contributed by atoms with Gasteiger partial charge in [0.05, 0.1) is 0 Å². The SMILES string of the molecule is C[C@@H](NCC1CCCCC1)C1CCCCC1. The second-order valence-electron chi connectivity index (χ2n) is 6.10. The van der Waals surface area contributed by atoms with Crippen LogP contribution >= 0.6 is 0 Å². The van der Waals surface area contributed by atoms with Gasteiger partial charge in [0.15, 0.2) is 0 Å². The zero-order chi connectivity index (χ0) is 11.2. The fraction of sp³-hybridized carbons (Fsp3) is 1.00. The second kappa shape index (κ2) is 6.64. The number of hydrogen-bond donors (Lipinski definition) is 1. The molecular formula is C15H29N. The highest BCUT2D eigenvalue weighted by Crippen LogP contribution is 2.27. The molecular weight excluding hydrogens is 194 g/mol. The van der Waals surface area contributed by atoms with Crippen molar-refractivity contribution < 1.29 is 0 Å². The van der Waals surface area contributed by atoms with Crippen molar-refractivity contribution >= 4 is 0 Å². The van der Waals surface area contributed by atoms with Crippen LogP contribution in [-0.4, -0.2) is 12.6 Å². The number of rotatable bonds is 4. The van der Waals surface area contributed by atoms with E-state index in [0.717, 1.165) is 17.9 Å². The molecule has 0 aromatic rings. The Kier molecular flexibility index (Phi) is 5.15. The molecule has 0 aromatic heterocycles. The van der Waals surface area contributed by atoms with Gasteiger partial charge in [0, 0.05) is 6.04 Å². The third-order valence-corrected chi connectivity index (χ3v) is 4.81. The molecule has 1 N–H and O–H groups in total. The molecule has 1 heteroatoms. The third kappa shape index (κ3) is 3.76. The lowest BCUT2D eigenvalue weighted by Gasteiger charge is -2.30. The molecule has 0 aliphatic heterocycles. The van der Waals surface area contributed by atoms with Crippen LogP contribution < -0.4 is 5.32 Å². The molecule has 16 heavy (non-hydrogen) atoms. The highest BCUT2D eigenvalue weighted by Gasteiger charge is 2.21. The molecule has 0 heterocycles. The Morgan fingerprint density at radius 2 is 1.44 bits per heavy atom. The summed E-state index contributed by atoms with van der Waals surface area (Å²) in [5.41, 5.74) is 0. The van der Waals surface area contributed by atoms with E-state index in [1.165, 1.54) is 70.8 Å². The molecule has 1 nitrogen and oxygen atoms in total. The summed E-state index contributed by atoms with van der Waals surface area (Å²) in [5, 5.41) is 3.82. The van der Waals surface area contributed by atoms with E-state index in [0.29, 0.717) is 0 Å². The Hall–Kier alpha value is -0.0400. The highest BCUT2D eigenvalue weighted by atomic mass is 14.9. The van der Waals surface area contributed by atoms with Gasteiger partial charge in [-0.2, -0.15) is 0 Å². The Labute approximate surface area is 101 Å². The number of hydrogen-bond acceptors (Lipinski definition) is 1. The van der Waals surface area contributed by atoms with Crippen LogP contribution in [0.15, 0.2) is 0 Å². The predicted octanol–water partition coefficient (Wildman–Crippen LogP) is 4.13. The predicted molar refractivity (Wildman–Crippen MR) is 70.6 cm³/mol. The maximum atomic E-state index is 3.82. The van der Waals surface area contributed by atoms with Crippen molar-refractivity contribution in [2.75, 3.05) is 6.54 Å². The van der Waals surface area contributed by atoms with E-state index < -0.39 is 0 Å². The lowest BCUT2D eigenvalue weighted by molar-refractivity contribution is 0.257. The minimum Gasteiger partial charge on any atom is -0.314 e. The van der Waals surface area contributed by atoms with Gasteiger partial charge >= 0.3 is 0 Å². The molecule has 0 bridgehead atoms. The zero-order valence-corrected chi connectivity index (χ0v) is 11.0. The van der Waals surface area contributed by atoms with E-state index in [4.69, 9.17) is 0 Å². The Morgan fingerprint density at radius 1 is 0.875 bits per heavy atom. The first-order valence-corrected chi connectivity index (χ1v) is 7.59. The first kappa shape index (κ1) is 12.4. The van der Waals surface area contributed by atoms with Gasteiger partial charge in [-0.1, -0.05) is 38.5 Å². The van der Waals surface area contributed by atoms with Crippen LogP contribution in [-0.2, 0) is 0 Å². The topological polar surface area (TPSA) is 12.0 Å². The van der Waals surface area contributed by atoms with Gasteiger partial charge in [-0.3, -0.25) is 0 Å². The summed E-state index contributed by atoms with van der Waals surface area (Å²) in [6.07, 6.45) is 14.8. The lowest BCUT2D eigenvalue weighted by Crippen LogP contribution is -2.38. The first-order valence-electron chi connectivity index (χ1n) is 7.59. The minimum absolute atomic E-state index is 0.766. The van der Waals surface area contributed by atoms with E-state index in [9.17, 15) is 0 Å². The Balaban J connectivity index is 1.63. The molecule has 2 fully saturated rings. The number of nitrogens with one attached hydrogen (secondary N) is 1. The fourth-order valence-corrected chi connectivity index (χ4v) is 3.54. The summed E-state index contributed by atoms with van der Waals surface area (Å²) in [6, 6.07) is 0.766. The minimum atomic E-state index is 0.766. The molecule has 0 radical (unpaired) electrons. The van der Waals surface area contributed by atoms with E-state index in [-0.39, 0.29) is 0 Å². The van der Waals surface area contributed by atoms with Gasteiger partial charge in [0.2, 0.25) is 0 Å². The fourth-order valence-electron chi connectivity index (χ4n) is 3.54. The van der Waals surface area contributed by atoms with Gasteiger partial charge in [0.25, 0.3) is 0 Å². The zero-order valence-electron chi connectivity index (χ0n) is 11.0. The molecule has 0 amide bonds. The monoisotopic (exact) mass is 223 g/mol. The van der Waals surface area contributed by atoms with E-state index in [1.807, 2.05) is 0 Å². The molecule has 2 rings (SSSR count). The van der Waals surface area contributed by atoms with Gasteiger partial charge in [-0.25, -0.2) is 0 Å². The van der Waals surface area contributed by atoms with Crippen LogP contribution in [0, 0.1) is 11.8 Å². The second-order valence-corrected chi connectivity index (χ2v) is 6.10. The summed E-state index contributed by atoms with van der Waals surface area (Å²) in [4.78, 5) is 0. The maximum Gasteiger partial charge on any atom is 0.00671 e. The summed E-state index contributed by atoms with van der Waals surface area (Å²) < 4.78 is 0. The molecule has 2 aliphatic rings. The van der Waals surface area contributed by atoms with Crippen LogP contribution in [0.3, 0.4) is 0 Å². The maximum absolute atomic E-state index is 3.82.